The van der Waals surface area contributed by atoms with Gasteiger partial charge in [-0.05, 0) is 32.4 Å². The number of methoxy groups -OCH3 is 1. The molecular weight excluding hydrogens is 322 g/mol. The number of aryl methyl sites for hydroxylation is 2. The fourth-order valence-electron chi connectivity index (χ4n) is 3.18. The summed E-state index contributed by atoms with van der Waals surface area (Å²) in [5, 5.41) is 0.544. The lowest BCUT2D eigenvalue weighted by atomic mass is 10.1. The molecule has 1 amide bonds. The van der Waals surface area contributed by atoms with Crippen LogP contribution < -0.4 is 9.64 Å². The van der Waals surface area contributed by atoms with Gasteiger partial charge in [0, 0.05) is 31.4 Å². The fourth-order valence-corrected chi connectivity index (χ4v) is 4.02. The van der Waals surface area contributed by atoms with Gasteiger partial charge in [0.15, 0.2) is 0 Å². The van der Waals surface area contributed by atoms with Gasteiger partial charge < -0.3 is 14.5 Å². The van der Waals surface area contributed by atoms with Crippen LogP contribution in [0.15, 0.2) is 24.3 Å². The van der Waals surface area contributed by atoms with E-state index >= 15 is 0 Å². The lowest BCUT2D eigenvalue weighted by Crippen LogP contribution is -2.54. The van der Waals surface area contributed by atoms with Gasteiger partial charge in [-0.25, -0.2) is 4.98 Å². The van der Waals surface area contributed by atoms with Crippen LogP contribution in [0.2, 0.25) is 0 Å². The van der Waals surface area contributed by atoms with Gasteiger partial charge in [0.2, 0.25) is 0 Å². The molecule has 1 unspecified atom stereocenters. The van der Waals surface area contributed by atoms with Crippen molar-refractivity contribution in [1.29, 1.82) is 0 Å². The smallest absolute Gasteiger partial charge is 0.273 e. The molecule has 2 heterocycles. The number of para-hydroxylation sites is 1. The van der Waals surface area contributed by atoms with E-state index in [4.69, 9.17) is 4.74 Å². The number of carbonyl (C=O) groups excluding carboxylic acids is 1. The van der Waals surface area contributed by atoms with Gasteiger partial charge in [-0.15, -0.1) is 0 Å². The van der Waals surface area contributed by atoms with Crippen molar-refractivity contribution in [1.82, 2.24) is 9.88 Å². The molecule has 0 spiro atoms. The van der Waals surface area contributed by atoms with E-state index in [2.05, 4.69) is 48.0 Å². The first-order chi connectivity index (χ1) is 11.5. The highest BCUT2D eigenvalue weighted by Crippen LogP contribution is 2.28. The Bertz CT molecular complexity index is 744. The van der Waals surface area contributed by atoms with Gasteiger partial charge in [0.25, 0.3) is 11.1 Å². The molecule has 2 aromatic rings. The summed E-state index contributed by atoms with van der Waals surface area (Å²) in [5.41, 5.74) is 3.27. The van der Waals surface area contributed by atoms with Gasteiger partial charge in [0.05, 0.1) is 12.8 Å². The van der Waals surface area contributed by atoms with Crippen molar-refractivity contribution >= 4 is 22.9 Å². The second kappa shape index (κ2) is 6.81. The Kier molecular flexibility index (Phi) is 4.76. The fraction of sp³-hybridized carbons (Fsp3) is 0.444. The molecule has 1 fully saturated rings. The number of thiazole rings is 1. The number of nitrogens with zero attached hydrogens (tertiary/aromatic N) is 3. The van der Waals surface area contributed by atoms with E-state index in [1.807, 2.05) is 11.8 Å². The number of ether oxygens (including phenoxy) is 1. The summed E-state index contributed by atoms with van der Waals surface area (Å²) in [6, 6.07) is 8.56. The number of amides is 1. The Morgan fingerprint density at radius 3 is 2.67 bits per heavy atom. The second-order valence-corrected chi connectivity index (χ2v) is 7.14. The summed E-state index contributed by atoms with van der Waals surface area (Å²) in [4.78, 5) is 22.2. The van der Waals surface area contributed by atoms with Crippen LogP contribution in [0.4, 0.5) is 5.69 Å². The Labute approximate surface area is 146 Å². The number of anilines is 1. The Hall–Kier alpha value is -2.08. The highest BCUT2D eigenvalue weighted by atomic mass is 32.1. The second-order valence-electron chi connectivity index (χ2n) is 6.18. The Balaban J connectivity index is 1.75. The molecule has 0 N–H and O–H groups in total. The molecule has 1 aliphatic heterocycles. The predicted octanol–water partition coefficient (Wildman–Crippen LogP) is 3.12. The number of hydrogen-bond acceptors (Lipinski definition) is 5. The largest absolute Gasteiger partial charge is 0.473 e. The third-order valence-electron chi connectivity index (χ3n) is 4.49. The molecular formula is C18H23N3O2S. The summed E-state index contributed by atoms with van der Waals surface area (Å²) < 4.78 is 5.16. The maximum atomic E-state index is 12.9. The number of piperazine rings is 1. The van der Waals surface area contributed by atoms with E-state index < -0.39 is 0 Å². The molecule has 1 saturated heterocycles. The lowest BCUT2D eigenvalue weighted by Gasteiger charge is -2.41. The van der Waals surface area contributed by atoms with E-state index in [9.17, 15) is 4.79 Å². The van der Waals surface area contributed by atoms with Crippen molar-refractivity contribution < 1.29 is 9.53 Å². The zero-order valence-electron chi connectivity index (χ0n) is 14.6. The molecule has 1 aromatic carbocycles. The third-order valence-corrected chi connectivity index (χ3v) is 5.60. The highest BCUT2D eigenvalue weighted by Gasteiger charge is 2.30. The van der Waals surface area contributed by atoms with Gasteiger partial charge in [-0.2, -0.15) is 0 Å². The van der Waals surface area contributed by atoms with Crippen LogP contribution in [0.1, 0.15) is 27.9 Å². The average Bonchev–Trinajstić information content (AvgIpc) is 2.95. The SMILES string of the molecule is COc1nc(C)c(C(=O)N2CCN(c3ccccc3C)CC2C)s1. The quantitative estimate of drug-likeness (QED) is 0.857. The van der Waals surface area contributed by atoms with E-state index in [1.54, 1.807) is 7.11 Å². The third kappa shape index (κ3) is 3.11. The summed E-state index contributed by atoms with van der Waals surface area (Å²) in [5.74, 6) is 0.0604. The minimum Gasteiger partial charge on any atom is -0.473 e. The predicted molar refractivity (Wildman–Crippen MR) is 97.3 cm³/mol. The van der Waals surface area contributed by atoms with Gasteiger partial charge in [0.1, 0.15) is 4.88 Å². The molecule has 0 bridgehead atoms. The molecule has 1 aromatic heterocycles. The molecule has 0 saturated carbocycles. The number of carbonyl (C=O) groups is 1. The summed E-state index contributed by atoms with van der Waals surface area (Å²) >= 11 is 1.32. The highest BCUT2D eigenvalue weighted by molar-refractivity contribution is 7.15. The number of benzene rings is 1. The van der Waals surface area contributed by atoms with Crippen LogP contribution in [0, 0.1) is 13.8 Å². The summed E-state index contributed by atoms with van der Waals surface area (Å²) in [6.07, 6.45) is 0. The van der Waals surface area contributed by atoms with E-state index in [0.717, 1.165) is 18.8 Å². The van der Waals surface area contributed by atoms with Crippen molar-refractivity contribution in [3.05, 3.63) is 40.4 Å². The van der Waals surface area contributed by atoms with Crippen molar-refractivity contribution in [2.75, 3.05) is 31.6 Å². The van der Waals surface area contributed by atoms with Crippen LogP contribution in [0.25, 0.3) is 0 Å². The molecule has 24 heavy (non-hydrogen) atoms. The molecule has 3 rings (SSSR count). The molecule has 1 aliphatic rings. The molecule has 6 heteroatoms. The summed E-state index contributed by atoms with van der Waals surface area (Å²) in [6.45, 7) is 8.50. The van der Waals surface area contributed by atoms with E-state index in [0.29, 0.717) is 16.6 Å². The van der Waals surface area contributed by atoms with Crippen molar-refractivity contribution in [2.24, 2.45) is 0 Å². The molecule has 0 aliphatic carbocycles. The van der Waals surface area contributed by atoms with Gasteiger partial charge >= 0.3 is 0 Å². The topological polar surface area (TPSA) is 45.7 Å². The van der Waals surface area contributed by atoms with Crippen LogP contribution in [-0.4, -0.2) is 48.6 Å². The zero-order valence-corrected chi connectivity index (χ0v) is 15.4. The Morgan fingerprint density at radius 1 is 1.29 bits per heavy atom. The summed E-state index contributed by atoms with van der Waals surface area (Å²) in [7, 11) is 1.58. The molecule has 1 atom stereocenters. The first kappa shape index (κ1) is 16.8. The zero-order chi connectivity index (χ0) is 17.3. The van der Waals surface area contributed by atoms with Gasteiger partial charge in [-0.1, -0.05) is 29.5 Å². The molecule has 0 radical (unpaired) electrons. The number of rotatable bonds is 3. The van der Waals surface area contributed by atoms with Crippen molar-refractivity contribution in [3.63, 3.8) is 0 Å². The number of aromatic nitrogens is 1. The molecule has 5 nitrogen and oxygen atoms in total. The van der Waals surface area contributed by atoms with Crippen LogP contribution in [0.5, 0.6) is 5.19 Å². The maximum Gasteiger partial charge on any atom is 0.273 e. The molecule has 128 valence electrons. The van der Waals surface area contributed by atoms with Crippen molar-refractivity contribution in [3.8, 4) is 5.19 Å². The standard InChI is InChI=1S/C18H23N3O2S/c1-12-7-5-6-8-15(12)20-9-10-21(13(2)11-20)17(22)16-14(3)19-18(23-4)24-16/h5-8,13H,9-11H2,1-4H3. The first-order valence-electron chi connectivity index (χ1n) is 8.14. The number of hydrogen-bond donors (Lipinski definition) is 0. The minimum atomic E-state index is 0.0604. The van der Waals surface area contributed by atoms with E-state index in [1.165, 1.54) is 22.6 Å². The minimum absolute atomic E-state index is 0.0604. The van der Waals surface area contributed by atoms with Crippen LogP contribution >= 0.6 is 11.3 Å². The van der Waals surface area contributed by atoms with Gasteiger partial charge in [-0.3, -0.25) is 4.79 Å². The Morgan fingerprint density at radius 2 is 2.04 bits per heavy atom. The van der Waals surface area contributed by atoms with Crippen molar-refractivity contribution in [2.45, 2.75) is 26.8 Å². The van der Waals surface area contributed by atoms with Crippen LogP contribution in [0.3, 0.4) is 0 Å². The average molecular weight is 345 g/mol. The normalized spacial score (nSPS) is 17.9. The monoisotopic (exact) mass is 345 g/mol. The van der Waals surface area contributed by atoms with Crippen LogP contribution in [-0.2, 0) is 0 Å². The van der Waals surface area contributed by atoms with E-state index in [-0.39, 0.29) is 11.9 Å². The lowest BCUT2D eigenvalue weighted by molar-refractivity contribution is 0.0678. The maximum absolute atomic E-state index is 12.9. The first-order valence-corrected chi connectivity index (χ1v) is 8.96.